The Morgan fingerprint density at radius 2 is 1.76 bits per heavy atom. The van der Waals surface area contributed by atoms with Gasteiger partial charge in [0.05, 0.1) is 13.0 Å². The number of aryl methyl sites for hydroxylation is 2. The number of nitrogens with zero attached hydrogens (tertiary/aromatic N) is 1. The Bertz CT molecular complexity index is 1010. The third-order valence-electron chi connectivity index (χ3n) is 5.36. The third kappa shape index (κ3) is 10.5. The number of hydrogen-bond acceptors (Lipinski definition) is 6. The average Bonchev–Trinajstić information content (AvgIpc) is 2.77. The fraction of sp³-hybridized carbons (Fsp3) is 0.571. The van der Waals surface area contributed by atoms with E-state index in [9.17, 15) is 19.2 Å². The summed E-state index contributed by atoms with van der Waals surface area (Å²) in [5.41, 5.74) is 1.66. The number of carbonyl (C=O) groups is 4. The molecule has 0 radical (unpaired) electrons. The summed E-state index contributed by atoms with van der Waals surface area (Å²) >= 11 is 0. The van der Waals surface area contributed by atoms with Gasteiger partial charge in [0.15, 0.2) is 0 Å². The lowest BCUT2D eigenvalue weighted by atomic mass is 9.97. The predicted octanol–water partition coefficient (Wildman–Crippen LogP) is 3.77. The van der Waals surface area contributed by atoms with Crippen LogP contribution >= 0.6 is 0 Å². The van der Waals surface area contributed by atoms with Gasteiger partial charge in [0.25, 0.3) is 5.91 Å². The molecule has 37 heavy (non-hydrogen) atoms. The van der Waals surface area contributed by atoms with Crippen molar-refractivity contribution in [2.45, 2.75) is 85.9 Å². The zero-order valence-electron chi connectivity index (χ0n) is 23.3. The van der Waals surface area contributed by atoms with Crippen molar-refractivity contribution in [3.05, 3.63) is 34.9 Å². The van der Waals surface area contributed by atoms with Crippen LogP contribution in [0.25, 0.3) is 0 Å². The SMILES string of the molecule is C#CN(C(=O)C(CC(C)C)NC(=O)OC(C)(C)C)C(C(=O)NCCC(=O)OCC)c1ccc(C)c(C)c1. The number of terminal acetylenes is 1. The first-order valence-electron chi connectivity index (χ1n) is 12.5. The summed E-state index contributed by atoms with van der Waals surface area (Å²) in [6.45, 7) is 14.7. The number of rotatable bonds is 11. The van der Waals surface area contributed by atoms with Gasteiger partial charge in [0.2, 0.25) is 5.91 Å². The number of alkyl carbamates (subject to hydrolysis) is 1. The fourth-order valence-corrected chi connectivity index (χ4v) is 3.55. The predicted molar refractivity (Wildman–Crippen MR) is 141 cm³/mol. The summed E-state index contributed by atoms with van der Waals surface area (Å²) in [5.74, 6) is -1.60. The largest absolute Gasteiger partial charge is 0.466 e. The van der Waals surface area contributed by atoms with Crippen LogP contribution in [0.15, 0.2) is 18.2 Å². The Morgan fingerprint density at radius 1 is 1.11 bits per heavy atom. The summed E-state index contributed by atoms with van der Waals surface area (Å²) in [5, 5.41) is 5.30. The Balaban J connectivity index is 3.34. The molecule has 2 N–H and O–H groups in total. The number of ether oxygens (including phenoxy) is 2. The molecular weight excluding hydrogens is 474 g/mol. The van der Waals surface area contributed by atoms with Crippen molar-refractivity contribution >= 4 is 23.9 Å². The van der Waals surface area contributed by atoms with Gasteiger partial charge in [-0.2, -0.15) is 0 Å². The van der Waals surface area contributed by atoms with E-state index in [1.54, 1.807) is 39.8 Å². The minimum Gasteiger partial charge on any atom is -0.466 e. The molecule has 1 aromatic rings. The molecule has 0 aliphatic heterocycles. The molecule has 204 valence electrons. The molecule has 9 nitrogen and oxygen atoms in total. The molecular formula is C28H41N3O6. The molecule has 0 saturated carbocycles. The van der Waals surface area contributed by atoms with Crippen LogP contribution in [-0.4, -0.2) is 53.6 Å². The fourth-order valence-electron chi connectivity index (χ4n) is 3.55. The maximum Gasteiger partial charge on any atom is 0.408 e. The maximum absolute atomic E-state index is 13.7. The van der Waals surface area contributed by atoms with Crippen molar-refractivity contribution < 1.29 is 28.7 Å². The number of amides is 3. The zero-order chi connectivity index (χ0) is 28.3. The molecule has 0 fully saturated rings. The summed E-state index contributed by atoms with van der Waals surface area (Å²) in [4.78, 5) is 52.3. The maximum atomic E-state index is 13.7. The van der Waals surface area contributed by atoms with E-state index in [0.717, 1.165) is 16.0 Å². The molecule has 3 amide bonds. The van der Waals surface area contributed by atoms with E-state index in [1.807, 2.05) is 33.8 Å². The summed E-state index contributed by atoms with van der Waals surface area (Å²) in [7, 11) is 0. The number of esters is 1. The van der Waals surface area contributed by atoms with E-state index in [0.29, 0.717) is 5.56 Å². The summed E-state index contributed by atoms with van der Waals surface area (Å²) in [6, 6.07) is 5.51. The van der Waals surface area contributed by atoms with Gasteiger partial charge in [-0.3, -0.25) is 19.3 Å². The van der Waals surface area contributed by atoms with Crippen LogP contribution in [0.5, 0.6) is 0 Å². The van der Waals surface area contributed by atoms with Crippen LogP contribution in [0.2, 0.25) is 0 Å². The Labute approximate surface area is 220 Å². The molecule has 2 atom stereocenters. The van der Waals surface area contributed by atoms with Gasteiger partial charge in [-0.05, 0) is 70.6 Å². The lowest BCUT2D eigenvalue weighted by Gasteiger charge is -2.31. The Morgan fingerprint density at radius 3 is 2.27 bits per heavy atom. The van der Waals surface area contributed by atoms with E-state index in [4.69, 9.17) is 15.9 Å². The first kappa shape index (κ1) is 31.5. The second-order valence-electron chi connectivity index (χ2n) is 10.3. The van der Waals surface area contributed by atoms with E-state index < -0.39 is 41.6 Å². The van der Waals surface area contributed by atoms with Crippen molar-refractivity contribution in [2.24, 2.45) is 5.92 Å². The number of nitrogens with one attached hydrogen (secondary N) is 2. The second kappa shape index (κ2) is 14.3. The minimum atomic E-state index is -1.19. The van der Waals surface area contributed by atoms with Gasteiger partial charge in [0, 0.05) is 12.6 Å². The zero-order valence-corrected chi connectivity index (χ0v) is 23.3. The van der Waals surface area contributed by atoms with E-state index in [1.165, 1.54) is 0 Å². The molecule has 0 aliphatic carbocycles. The topological polar surface area (TPSA) is 114 Å². The molecule has 0 heterocycles. The lowest BCUT2D eigenvalue weighted by molar-refractivity contribution is -0.143. The Hall–Kier alpha value is -3.54. The molecule has 2 unspecified atom stereocenters. The van der Waals surface area contributed by atoms with E-state index >= 15 is 0 Å². The third-order valence-corrected chi connectivity index (χ3v) is 5.36. The van der Waals surface area contributed by atoms with E-state index in [2.05, 4.69) is 16.7 Å². The van der Waals surface area contributed by atoms with Crippen molar-refractivity contribution in [3.8, 4) is 12.5 Å². The molecule has 0 aromatic heterocycles. The van der Waals surface area contributed by atoms with E-state index in [-0.39, 0.29) is 31.9 Å². The van der Waals surface area contributed by atoms with Crippen LogP contribution in [0.4, 0.5) is 4.79 Å². The summed E-state index contributed by atoms with van der Waals surface area (Å²) < 4.78 is 10.2. The van der Waals surface area contributed by atoms with Gasteiger partial charge in [-0.15, -0.1) is 0 Å². The highest BCUT2D eigenvalue weighted by Gasteiger charge is 2.36. The second-order valence-corrected chi connectivity index (χ2v) is 10.3. The first-order valence-corrected chi connectivity index (χ1v) is 12.5. The molecule has 0 aliphatic rings. The van der Waals surface area contributed by atoms with Crippen LogP contribution < -0.4 is 10.6 Å². The standard InChI is InChI=1S/C28H41N3O6/c1-10-31(26(34)22(16-18(3)4)30-27(35)37-28(7,8)9)24(21-13-12-19(5)20(6)17-21)25(33)29-15-14-23(32)36-11-2/h1,12-13,17-18,22,24H,11,14-16H2,2-9H3,(H,29,33)(H,30,35). The number of benzene rings is 1. The van der Waals surface area contributed by atoms with Gasteiger partial charge < -0.3 is 20.1 Å². The smallest absolute Gasteiger partial charge is 0.408 e. The molecule has 1 aromatic carbocycles. The van der Waals surface area contributed by atoms with Crippen molar-refractivity contribution in [1.82, 2.24) is 15.5 Å². The molecule has 0 saturated heterocycles. The molecule has 0 bridgehead atoms. The van der Waals surface area contributed by atoms with Gasteiger partial charge in [-0.1, -0.05) is 38.5 Å². The van der Waals surface area contributed by atoms with Crippen molar-refractivity contribution in [3.63, 3.8) is 0 Å². The first-order chi connectivity index (χ1) is 17.2. The normalized spacial score (nSPS) is 12.6. The highest BCUT2D eigenvalue weighted by Crippen LogP contribution is 2.25. The lowest BCUT2D eigenvalue weighted by Crippen LogP contribution is -2.52. The average molecular weight is 516 g/mol. The van der Waals surface area contributed by atoms with Crippen molar-refractivity contribution in [2.75, 3.05) is 13.2 Å². The highest BCUT2D eigenvalue weighted by atomic mass is 16.6. The van der Waals surface area contributed by atoms with Gasteiger partial charge >= 0.3 is 12.1 Å². The van der Waals surface area contributed by atoms with Crippen LogP contribution in [0.3, 0.4) is 0 Å². The number of hydrogen-bond donors (Lipinski definition) is 2. The van der Waals surface area contributed by atoms with Crippen LogP contribution in [0.1, 0.15) is 77.1 Å². The molecule has 1 rings (SSSR count). The minimum absolute atomic E-state index is 0.0111. The quantitative estimate of drug-likeness (QED) is 0.263. The van der Waals surface area contributed by atoms with Gasteiger partial charge in [-0.25, -0.2) is 4.79 Å². The van der Waals surface area contributed by atoms with Crippen LogP contribution in [-0.2, 0) is 23.9 Å². The monoisotopic (exact) mass is 515 g/mol. The van der Waals surface area contributed by atoms with Crippen LogP contribution in [0, 0.1) is 32.2 Å². The number of carbonyl (C=O) groups excluding carboxylic acids is 4. The highest BCUT2D eigenvalue weighted by molar-refractivity contribution is 5.93. The van der Waals surface area contributed by atoms with Crippen molar-refractivity contribution in [1.29, 1.82) is 0 Å². The Kier molecular flexibility index (Phi) is 12.1. The van der Waals surface area contributed by atoms with Gasteiger partial charge in [0.1, 0.15) is 17.7 Å². The summed E-state index contributed by atoms with van der Waals surface area (Å²) in [6.07, 6.45) is 5.28. The molecule has 0 spiro atoms. The molecule has 9 heteroatoms.